The molecule has 0 saturated heterocycles. The second-order valence-corrected chi connectivity index (χ2v) is 7.71. The molecule has 1 unspecified atom stereocenters. The van der Waals surface area contributed by atoms with Crippen molar-refractivity contribution < 1.29 is 9.90 Å². The molecule has 158 valence electrons. The third-order valence-electron chi connectivity index (χ3n) is 5.03. The lowest BCUT2D eigenvalue weighted by molar-refractivity contribution is -0.138. The largest absolute Gasteiger partial charge is 0.387 e. The van der Waals surface area contributed by atoms with Crippen molar-refractivity contribution in [2.75, 3.05) is 33.7 Å². The number of hydrogen-bond donors (Lipinski definition) is 3. The SMILES string of the molecule is CCNC(=NCC1(C(=O)N(C)C)CCCC1)NCC(O)c1ccccc1Cl.I. The van der Waals surface area contributed by atoms with Gasteiger partial charge >= 0.3 is 0 Å². The molecule has 1 aromatic rings. The van der Waals surface area contributed by atoms with Crippen molar-refractivity contribution in [1.29, 1.82) is 0 Å². The van der Waals surface area contributed by atoms with Crippen LogP contribution in [-0.2, 0) is 4.79 Å². The van der Waals surface area contributed by atoms with Crippen molar-refractivity contribution in [3.05, 3.63) is 34.9 Å². The first-order valence-electron chi connectivity index (χ1n) is 9.56. The fourth-order valence-corrected chi connectivity index (χ4v) is 3.85. The predicted octanol–water partition coefficient (Wildman–Crippen LogP) is 3.20. The van der Waals surface area contributed by atoms with E-state index in [1.165, 1.54) is 0 Å². The summed E-state index contributed by atoms with van der Waals surface area (Å²) < 4.78 is 0. The fraction of sp³-hybridized carbons (Fsp3) is 0.600. The number of rotatable bonds is 7. The molecule has 8 heteroatoms. The first-order valence-corrected chi connectivity index (χ1v) is 9.94. The number of nitrogens with zero attached hydrogens (tertiary/aromatic N) is 2. The molecular formula is C20H32ClIN4O2. The highest BCUT2D eigenvalue weighted by Crippen LogP contribution is 2.39. The number of carbonyl (C=O) groups is 1. The molecule has 28 heavy (non-hydrogen) atoms. The lowest BCUT2D eigenvalue weighted by Crippen LogP contribution is -2.43. The molecule has 0 heterocycles. The van der Waals surface area contributed by atoms with Gasteiger partial charge in [0.25, 0.3) is 0 Å². The van der Waals surface area contributed by atoms with Gasteiger partial charge in [-0.2, -0.15) is 0 Å². The zero-order valence-corrected chi connectivity index (χ0v) is 20.0. The van der Waals surface area contributed by atoms with Crippen LogP contribution in [-0.4, -0.2) is 55.6 Å². The highest BCUT2D eigenvalue weighted by molar-refractivity contribution is 14.0. The van der Waals surface area contributed by atoms with E-state index in [0.29, 0.717) is 29.6 Å². The number of aliphatic hydroxyl groups excluding tert-OH is 1. The molecule has 2 rings (SSSR count). The Morgan fingerprint density at radius 2 is 1.93 bits per heavy atom. The smallest absolute Gasteiger partial charge is 0.230 e. The highest BCUT2D eigenvalue weighted by Gasteiger charge is 2.42. The molecule has 0 bridgehead atoms. The number of nitrogens with one attached hydrogen (secondary N) is 2. The summed E-state index contributed by atoms with van der Waals surface area (Å²) in [5.41, 5.74) is 0.269. The molecule has 1 aliphatic carbocycles. The third-order valence-corrected chi connectivity index (χ3v) is 5.38. The van der Waals surface area contributed by atoms with Crippen LogP contribution in [0.3, 0.4) is 0 Å². The molecule has 1 saturated carbocycles. The van der Waals surface area contributed by atoms with E-state index in [0.717, 1.165) is 25.7 Å². The predicted molar refractivity (Wildman–Crippen MR) is 125 cm³/mol. The molecule has 1 fully saturated rings. The topological polar surface area (TPSA) is 77.0 Å². The van der Waals surface area contributed by atoms with E-state index < -0.39 is 11.5 Å². The van der Waals surface area contributed by atoms with Gasteiger partial charge in [0.2, 0.25) is 5.91 Å². The van der Waals surface area contributed by atoms with E-state index in [2.05, 4.69) is 15.6 Å². The van der Waals surface area contributed by atoms with Gasteiger partial charge in [-0.05, 0) is 25.8 Å². The lowest BCUT2D eigenvalue weighted by Gasteiger charge is -2.29. The van der Waals surface area contributed by atoms with Crippen LogP contribution in [0.2, 0.25) is 5.02 Å². The number of benzene rings is 1. The summed E-state index contributed by atoms with van der Waals surface area (Å²) in [5, 5.41) is 17.3. The fourth-order valence-electron chi connectivity index (χ4n) is 3.59. The van der Waals surface area contributed by atoms with Gasteiger partial charge in [0.05, 0.1) is 18.1 Å². The first kappa shape index (κ1) is 25.0. The minimum atomic E-state index is -0.744. The molecule has 1 atom stereocenters. The molecule has 1 aromatic carbocycles. The third kappa shape index (κ3) is 6.49. The maximum atomic E-state index is 12.7. The van der Waals surface area contributed by atoms with E-state index in [9.17, 15) is 9.90 Å². The summed E-state index contributed by atoms with van der Waals surface area (Å²) >= 11 is 6.15. The van der Waals surface area contributed by atoms with Crippen molar-refractivity contribution >= 4 is 47.4 Å². The van der Waals surface area contributed by atoms with E-state index in [1.807, 2.05) is 25.1 Å². The Hall–Kier alpha value is -1.06. The van der Waals surface area contributed by atoms with Crippen LogP contribution >= 0.6 is 35.6 Å². The van der Waals surface area contributed by atoms with Crippen molar-refractivity contribution in [3.8, 4) is 0 Å². The van der Waals surface area contributed by atoms with Gasteiger partial charge in [-0.25, -0.2) is 0 Å². The number of hydrogen-bond acceptors (Lipinski definition) is 3. The van der Waals surface area contributed by atoms with Crippen molar-refractivity contribution in [2.45, 2.75) is 38.7 Å². The van der Waals surface area contributed by atoms with Crippen LogP contribution in [0, 0.1) is 5.41 Å². The molecule has 3 N–H and O–H groups in total. The molecule has 1 amide bonds. The van der Waals surface area contributed by atoms with Crippen molar-refractivity contribution in [1.82, 2.24) is 15.5 Å². The van der Waals surface area contributed by atoms with Crippen LogP contribution in [0.1, 0.15) is 44.3 Å². The maximum absolute atomic E-state index is 12.7. The van der Waals surface area contributed by atoms with Gasteiger partial charge in [0.1, 0.15) is 0 Å². The monoisotopic (exact) mass is 522 g/mol. The second-order valence-electron chi connectivity index (χ2n) is 7.30. The molecular weight excluding hydrogens is 491 g/mol. The highest BCUT2D eigenvalue weighted by atomic mass is 127. The molecule has 6 nitrogen and oxygen atoms in total. The molecule has 0 radical (unpaired) electrons. The minimum absolute atomic E-state index is 0. The number of aliphatic imine (C=N–C) groups is 1. The number of halogens is 2. The Kier molecular flexibility index (Phi) is 10.5. The van der Waals surface area contributed by atoms with Crippen LogP contribution < -0.4 is 10.6 Å². The first-order chi connectivity index (χ1) is 12.9. The Balaban J connectivity index is 0.00000392. The van der Waals surface area contributed by atoms with E-state index in [1.54, 1.807) is 25.1 Å². The minimum Gasteiger partial charge on any atom is -0.387 e. The van der Waals surface area contributed by atoms with Gasteiger partial charge < -0.3 is 20.6 Å². The summed E-state index contributed by atoms with van der Waals surface area (Å²) in [5.74, 6) is 0.747. The molecule has 0 aliphatic heterocycles. The van der Waals surface area contributed by atoms with Crippen molar-refractivity contribution in [2.24, 2.45) is 10.4 Å². The summed E-state index contributed by atoms with van der Waals surface area (Å²) in [7, 11) is 3.60. The van der Waals surface area contributed by atoms with E-state index >= 15 is 0 Å². The Bertz CT molecular complexity index is 663. The van der Waals surface area contributed by atoms with Gasteiger partial charge in [0.15, 0.2) is 5.96 Å². The Morgan fingerprint density at radius 3 is 2.50 bits per heavy atom. The standard InChI is InChI=1S/C20H31ClN4O2.HI/c1-4-22-19(23-13-17(26)15-9-5-6-10-16(15)21)24-14-20(11-7-8-12-20)18(27)25(2)3;/h5-6,9-10,17,26H,4,7-8,11-14H2,1-3H3,(H2,22,23,24);1H. The van der Waals surface area contributed by atoms with Gasteiger partial charge in [0, 0.05) is 37.8 Å². The average Bonchev–Trinajstić information content (AvgIpc) is 3.13. The number of aliphatic hydroxyl groups is 1. The van der Waals surface area contributed by atoms with Crippen LogP contribution in [0.4, 0.5) is 0 Å². The molecule has 0 spiro atoms. The number of carbonyl (C=O) groups excluding carboxylic acids is 1. The van der Waals surface area contributed by atoms with Gasteiger partial charge in [-0.3, -0.25) is 9.79 Å². The van der Waals surface area contributed by atoms with Gasteiger partial charge in [-0.15, -0.1) is 24.0 Å². The number of guanidine groups is 1. The summed E-state index contributed by atoms with van der Waals surface area (Å²) in [6.45, 7) is 3.41. The normalized spacial score (nSPS) is 16.8. The summed E-state index contributed by atoms with van der Waals surface area (Å²) in [6.07, 6.45) is 3.12. The lowest BCUT2D eigenvalue weighted by atomic mass is 9.85. The van der Waals surface area contributed by atoms with Crippen LogP contribution in [0.5, 0.6) is 0 Å². The zero-order chi connectivity index (χ0) is 19.9. The van der Waals surface area contributed by atoms with Crippen LogP contribution in [0.15, 0.2) is 29.3 Å². The Labute approximate surface area is 190 Å². The maximum Gasteiger partial charge on any atom is 0.230 e. The average molecular weight is 523 g/mol. The van der Waals surface area contributed by atoms with Gasteiger partial charge in [-0.1, -0.05) is 42.6 Å². The zero-order valence-electron chi connectivity index (χ0n) is 16.9. The quantitative estimate of drug-likeness (QED) is 0.292. The summed E-state index contributed by atoms with van der Waals surface area (Å²) in [4.78, 5) is 19.0. The van der Waals surface area contributed by atoms with E-state index in [4.69, 9.17) is 11.6 Å². The summed E-state index contributed by atoms with van der Waals surface area (Å²) in [6, 6.07) is 7.25. The molecule has 1 aliphatic rings. The van der Waals surface area contributed by atoms with E-state index in [-0.39, 0.29) is 36.4 Å². The Morgan fingerprint density at radius 1 is 1.29 bits per heavy atom. The number of amides is 1. The molecule has 0 aromatic heterocycles. The van der Waals surface area contributed by atoms with Crippen LogP contribution in [0.25, 0.3) is 0 Å². The van der Waals surface area contributed by atoms with Crippen molar-refractivity contribution in [3.63, 3.8) is 0 Å². The second kappa shape index (κ2) is 11.8.